The average Bonchev–Trinajstić information content (AvgIpc) is 3.12. The quantitative estimate of drug-likeness (QED) is 0.763. The summed E-state index contributed by atoms with van der Waals surface area (Å²) in [5, 5.41) is 13.5. The summed E-state index contributed by atoms with van der Waals surface area (Å²) < 4.78 is 1.74. The van der Waals surface area contributed by atoms with E-state index in [1.54, 1.807) is 29.2 Å². The van der Waals surface area contributed by atoms with E-state index in [4.69, 9.17) is 0 Å². The summed E-state index contributed by atoms with van der Waals surface area (Å²) in [5.41, 5.74) is 2.38. The molecule has 0 aliphatic carbocycles. The van der Waals surface area contributed by atoms with Crippen molar-refractivity contribution in [3.8, 4) is 5.69 Å². The van der Waals surface area contributed by atoms with Crippen molar-refractivity contribution in [2.75, 3.05) is 5.32 Å². The third-order valence-electron chi connectivity index (χ3n) is 2.97. The number of nitrogens with zero attached hydrogens (tertiary/aromatic N) is 3. The van der Waals surface area contributed by atoms with Gasteiger partial charge in [0.15, 0.2) is 0 Å². The number of hydrogen-bond acceptors (Lipinski definition) is 3. The third kappa shape index (κ3) is 2.31. The molecule has 2 aromatic heterocycles. The number of aromatic nitrogens is 4. The second-order valence-electron chi connectivity index (χ2n) is 4.38. The normalized spacial score (nSPS) is 10.4. The van der Waals surface area contributed by atoms with Crippen LogP contribution in [-0.4, -0.2) is 25.9 Å². The van der Waals surface area contributed by atoms with Gasteiger partial charge in [-0.15, -0.1) is 0 Å². The Hall–Kier alpha value is -2.89. The largest absolute Gasteiger partial charge is 0.307 e. The lowest BCUT2D eigenvalue weighted by Gasteiger charge is -2.05. The van der Waals surface area contributed by atoms with Gasteiger partial charge in [0, 0.05) is 23.5 Å². The van der Waals surface area contributed by atoms with E-state index >= 15 is 0 Å². The average molecular weight is 267 g/mol. The molecule has 6 nitrogen and oxygen atoms in total. The Morgan fingerprint density at radius 2 is 2.10 bits per heavy atom. The standard InChI is InChI=1S/C14H13N5O/c1-10-9-15-18-13(10)17-14(20)11-3-5-12(6-4-11)19-8-2-7-16-19/h2-9H,1H3,(H2,15,17,18,20). The first-order chi connectivity index (χ1) is 9.74. The van der Waals surface area contributed by atoms with Crippen molar-refractivity contribution >= 4 is 11.7 Å². The molecule has 0 fully saturated rings. The maximum Gasteiger partial charge on any atom is 0.256 e. The molecule has 1 aromatic carbocycles. The van der Waals surface area contributed by atoms with Gasteiger partial charge in [0.2, 0.25) is 0 Å². The van der Waals surface area contributed by atoms with Gasteiger partial charge < -0.3 is 5.32 Å². The Balaban J connectivity index is 1.78. The molecule has 6 heteroatoms. The molecule has 0 unspecified atom stereocenters. The van der Waals surface area contributed by atoms with Gasteiger partial charge in [0.25, 0.3) is 5.91 Å². The first-order valence-electron chi connectivity index (χ1n) is 6.15. The molecule has 0 radical (unpaired) electrons. The maximum atomic E-state index is 12.1. The van der Waals surface area contributed by atoms with E-state index in [1.165, 1.54) is 0 Å². The molecule has 0 saturated carbocycles. The highest BCUT2D eigenvalue weighted by atomic mass is 16.1. The predicted molar refractivity (Wildman–Crippen MR) is 74.8 cm³/mol. The second-order valence-corrected chi connectivity index (χ2v) is 4.38. The maximum absolute atomic E-state index is 12.1. The van der Waals surface area contributed by atoms with E-state index in [0.717, 1.165) is 11.3 Å². The molecular formula is C14H13N5O. The van der Waals surface area contributed by atoms with Crippen LogP contribution < -0.4 is 5.32 Å². The fourth-order valence-corrected chi connectivity index (χ4v) is 1.85. The van der Waals surface area contributed by atoms with Crippen molar-refractivity contribution in [1.82, 2.24) is 20.0 Å². The van der Waals surface area contributed by atoms with Crippen molar-refractivity contribution in [3.63, 3.8) is 0 Å². The van der Waals surface area contributed by atoms with Crippen LogP contribution in [0.5, 0.6) is 0 Å². The smallest absolute Gasteiger partial charge is 0.256 e. The third-order valence-corrected chi connectivity index (χ3v) is 2.97. The molecule has 0 spiro atoms. The van der Waals surface area contributed by atoms with Gasteiger partial charge >= 0.3 is 0 Å². The van der Waals surface area contributed by atoms with Gasteiger partial charge in [-0.1, -0.05) is 0 Å². The molecule has 100 valence electrons. The molecule has 3 aromatic rings. The molecule has 0 bridgehead atoms. The van der Waals surface area contributed by atoms with Crippen LogP contribution in [0.3, 0.4) is 0 Å². The number of hydrogen-bond donors (Lipinski definition) is 2. The lowest BCUT2D eigenvalue weighted by atomic mass is 10.2. The molecule has 0 aliphatic rings. The van der Waals surface area contributed by atoms with Crippen molar-refractivity contribution in [3.05, 3.63) is 60.0 Å². The number of amides is 1. The molecule has 0 saturated heterocycles. The zero-order chi connectivity index (χ0) is 13.9. The zero-order valence-electron chi connectivity index (χ0n) is 10.9. The van der Waals surface area contributed by atoms with Crippen LogP contribution in [0.25, 0.3) is 5.69 Å². The fourth-order valence-electron chi connectivity index (χ4n) is 1.85. The zero-order valence-corrected chi connectivity index (χ0v) is 10.9. The minimum Gasteiger partial charge on any atom is -0.307 e. The topological polar surface area (TPSA) is 75.6 Å². The van der Waals surface area contributed by atoms with E-state index in [1.807, 2.05) is 31.3 Å². The van der Waals surface area contributed by atoms with Crippen LogP contribution in [0, 0.1) is 6.92 Å². The van der Waals surface area contributed by atoms with E-state index in [2.05, 4.69) is 20.6 Å². The summed E-state index contributed by atoms with van der Waals surface area (Å²) in [6, 6.07) is 9.07. The number of aryl methyl sites for hydroxylation is 1. The lowest BCUT2D eigenvalue weighted by molar-refractivity contribution is 0.102. The highest BCUT2D eigenvalue weighted by molar-refractivity contribution is 6.04. The van der Waals surface area contributed by atoms with Crippen molar-refractivity contribution in [2.24, 2.45) is 0 Å². The summed E-state index contributed by atoms with van der Waals surface area (Å²) >= 11 is 0. The summed E-state index contributed by atoms with van der Waals surface area (Å²) in [5.74, 6) is 0.440. The molecule has 20 heavy (non-hydrogen) atoms. The Morgan fingerprint density at radius 1 is 1.30 bits per heavy atom. The number of benzene rings is 1. The molecule has 1 amide bonds. The number of H-pyrrole nitrogens is 1. The van der Waals surface area contributed by atoms with Gasteiger partial charge in [0.1, 0.15) is 5.82 Å². The van der Waals surface area contributed by atoms with E-state index in [9.17, 15) is 4.79 Å². The first kappa shape index (κ1) is 12.2. The monoisotopic (exact) mass is 267 g/mol. The molecular weight excluding hydrogens is 254 g/mol. The lowest BCUT2D eigenvalue weighted by Crippen LogP contribution is -2.13. The van der Waals surface area contributed by atoms with Gasteiger partial charge in [-0.2, -0.15) is 10.2 Å². The summed E-state index contributed by atoms with van der Waals surface area (Å²) in [6.45, 7) is 1.87. The second kappa shape index (κ2) is 5.00. The van der Waals surface area contributed by atoms with Crippen LogP contribution in [0.4, 0.5) is 5.82 Å². The SMILES string of the molecule is Cc1cn[nH]c1NC(=O)c1ccc(-n2cccn2)cc1. The number of nitrogens with one attached hydrogen (secondary N) is 2. The van der Waals surface area contributed by atoms with Gasteiger partial charge in [-0.05, 0) is 37.3 Å². The van der Waals surface area contributed by atoms with Crippen molar-refractivity contribution in [1.29, 1.82) is 0 Å². The van der Waals surface area contributed by atoms with Crippen LogP contribution in [0.2, 0.25) is 0 Å². The Kier molecular flexibility index (Phi) is 3.04. The summed E-state index contributed by atoms with van der Waals surface area (Å²) in [7, 11) is 0. The molecule has 3 rings (SSSR count). The number of carbonyl (C=O) groups is 1. The van der Waals surface area contributed by atoms with E-state index < -0.39 is 0 Å². The minimum absolute atomic E-state index is 0.177. The minimum atomic E-state index is -0.177. The van der Waals surface area contributed by atoms with E-state index in [-0.39, 0.29) is 5.91 Å². The van der Waals surface area contributed by atoms with Crippen LogP contribution >= 0.6 is 0 Å². The number of aromatic amines is 1. The first-order valence-corrected chi connectivity index (χ1v) is 6.15. The number of carbonyl (C=O) groups excluding carboxylic acids is 1. The summed E-state index contributed by atoms with van der Waals surface area (Å²) in [6.07, 6.45) is 5.22. The number of rotatable bonds is 3. The van der Waals surface area contributed by atoms with Crippen LogP contribution in [0.1, 0.15) is 15.9 Å². The van der Waals surface area contributed by atoms with Crippen LogP contribution in [0.15, 0.2) is 48.9 Å². The molecule has 2 N–H and O–H groups in total. The van der Waals surface area contributed by atoms with Crippen LogP contribution in [-0.2, 0) is 0 Å². The van der Waals surface area contributed by atoms with Gasteiger partial charge in [0.05, 0.1) is 11.9 Å². The Morgan fingerprint density at radius 3 is 2.70 bits per heavy atom. The van der Waals surface area contributed by atoms with Crippen molar-refractivity contribution < 1.29 is 4.79 Å². The van der Waals surface area contributed by atoms with Gasteiger partial charge in [-0.25, -0.2) is 4.68 Å². The highest BCUT2D eigenvalue weighted by Crippen LogP contribution is 2.12. The molecule has 0 aliphatic heterocycles. The molecule has 0 atom stereocenters. The van der Waals surface area contributed by atoms with Crippen molar-refractivity contribution in [2.45, 2.75) is 6.92 Å². The molecule has 2 heterocycles. The Labute approximate surface area is 115 Å². The fraction of sp³-hybridized carbons (Fsp3) is 0.0714. The highest BCUT2D eigenvalue weighted by Gasteiger charge is 2.09. The Bertz CT molecular complexity index is 712. The predicted octanol–water partition coefficient (Wildman–Crippen LogP) is 2.16. The summed E-state index contributed by atoms with van der Waals surface area (Å²) in [4.78, 5) is 12.1. The van der Waals surface area contributed by atoms with Gasteiger partial charge in [-0.3, -0.25) is 9.89 Å². The number of anilines is 1. The van der Waals surface area contributed by atoms with E-state index in [0.29, 0.717) is 11.4 Å².